The molecule has 1 aliphatic rings. The molecule has 0 spiro atoms. The topological polar surface area (TPSA) is 110 Å². The first kappa shape index (κ1) is 12.8. The van der Waals surface area contributed by atoms with E-state index in [1.54, 1.807) is 0 Å². The first-order valence-electron chi connectivity index (χ1n) is 4.96. The molecule has 1 heterocycles. The van der Waals surface area contributed by atoms with Gasteiger partial charge in [0.15, 0.2) is 0 Å². The van der Waals surface area contributed by atoms with Gasteiger partial charge in [0.2, 0.25) is 0 Å². The average molecular weight is 222 g/mol. The first-order chi connectivity index (χ1) is 6.97. The van der Waals surface area contributed by atoms with Gasteiger partial charge in [-0.05, 0) is 6.92 Å². The second-order valence-electron chi connectivity index (χ2n) is 3.95. The maximum atomic E-state index is 9.54. The van der Waals surface area contributed by atoms with Gasteiger partial charge in [-0.25, -0.2) is 0 Å². The molecule has 6 heteroatoms. The van der Waals surface area contributed by atoms with Crippen LogP contribution in [0, 0.1) is 0 Å². The van der Waals surface area contributed by atoms with Crippen LogP contribution in [0.3, 0.4) is 0 Å². The van der Waals surface area contributed by atoms with Gasteiger partial charge in [0, 0.05) is 6.42 Å². The van der Waals surface area contributed by atoms with E-state index in [-0.39, 0.29) is 6.42 Å². The van der Waals surface area contributed by atoms with Crippen molar-refractivity contribution in [1.29, 1.82) is 0 Å². The van der Waals surface area contributed by atoms with Gasteiger partial charge in [0.1, 0.15) is 24.4 Å². The fourth-order valence-electron chi connectivity index (χ4n) is 1.71. The standard InChI is InChI=1S/C9H18O6/c1-4(11)2-5-7(12)9(14)8(13)6(3-10)15-5/h4-14H,2-3H2,1H3/t4?,5-,6+,7-,8+,9+/m0/s1. The van der Waals surface area contributed by atoms with Gasteiger partial charge >= 0.3 is 0 Å². The molecule has 0 saturated carbocycles. The molecule has 1 fully saturated rings. The summed E-state index contributed by atoms with van der Waals surface area (Å²) in [4.78, 5) is 0. The van der Waals surface area contributed by atoms with E-state index in [9.17, 15) is 15.3 Å². The van der Waals surface area contributed by atoms with Crippen molar-refractivity contribution >= 4 is 0 Å². The molecule has 1 unspecified atom stereocenters. The Balaban J connectivity index is 2.65. The van der Waals surface area contributed by atoms with E-state index in [2.05, 4.69) is 0 Å². The third-order valence-electron chi connectivity index (χ3n) is 2.56. The molecule has 0 aliphatic carbocycles. The van der Waals surface area contributed by atoms with Crippen LogP contribution in [0.25, 0.3) is 0 Å². The Bertz CT molecular complexity index is 195. The molecule has 5 N–H and O–H groups in total. The predicted octanol–water partition coefficient (Wildman–Crippen LogP) is -2.40. The van der Waals surface area contributed by atoms with E-state index in [1.165, 1.54) is 6.92 Å². The fraction of sp³-hybridized carbons (Fsp3) is 1.00. The van der Waals surface area contributed by atoms with Gasteiger partial charge in [0.05, 0.1) is 18.8 Å². The lowest BCUT2D eigenvalue weighted by atomic mass is 9.92. The van der Waals surface area contributed by atoms with Crippen LogP contribution in [0.2, 0.25) is 0 Å². The zero-order valence-corrected chi connectivity index (χ0v) is 8.52. The maximum absolute atomic E-state index is 9.54. The summed E-state index contributed by atoms with van der Waals surface area (Å²) in [6, 6.07) is 0. The van der Waals surface area contributed by atoms with E-state index in [0.29, 0.717) is 0 Å². The van der Waals surface area contributed by atoms with E-state index in [4.69, 9.17) is 14.9 Å². The van der Waals surface area contributed by atoms with E-state index >= 15 is 0 Å². The Kier molecular flexibility index (Phi) is 4.45. The largest absolute Gasteiger partial charge is 0.394 e. The molecule has 0 aromatic carbocycles. The molecule has 1 rings (SSSR count). The van der Waals surface area contributed by atoms with Gasteiger partial charge in [-0.15, -0.1) is 0 Å². The van der Waals surface area contributed by atoms with Crippen LogP contribution in [-0.2, 0) is 4.74 Å². The van der Waals surface area contributed by atoms with Crippen LogP contribution in [0.5, 0.6) is 0 Å². The molecule has 1 saturated heterocycles. The summed E-state index contributed by atoms with van der Waals surface area (Å²) in [5.74, 6) is 0. The van der Waals surface area contributed by atoms with Crippen molar-refractivity contribution in [3.05, 3.63) is 0 Å². The summed E-state index contributed by atoms with van der Waals surface area (Å²) in [5.41, 5.74) is 0. The lowest BCUT2D eigenvalue weighted by Crippen LogP contribution is -2.58. The Morgan fingerprint density at radius 2 is 1.60 bits per heavy atom. The molecule has 90 valence electrons. The second kappa shape index (κ2) is 5.20. The van der Waals surface area contributed by atoms with Crippen molar-refractivity contribution in [2.45, 2.75) is 50.0 Å². The molecule has 6 nitrogen and oxygen atoms in total. The molecule has 1 aliphatic heterocycles. The van der Waals surface area contributed by atoms with Crippen LogP contribution >= 0.6 is 0 Å². The molecule has 0 aromatic heterocycles. The van der Waals surface area contributed by atoms with Crippen molar-refractivity contribution in [2.75, 3.05) is 6.61 Å². The second-order valence-corrected chi connectivity index (χ2v) is 3.95. The van der Waals surface area contributed by atoms with Gasteiger partial charge < -0.3 is 30.3 Å². The first-order valence-corrected chi connectivity index (χ1v) is 4.96. The summed E-state index contributed by atoms with van der Waals surface area (Å²) in [7, 11) is 0. The molecule has 0 radical (unpaired) electrons. The third kappa shape index (κ3) is 2.87. The average Bonchev–Trinajstić information content (AvgIpc) is 2.18. The van der Waals surface area contributed by atoms with Gasteiger partial charge in [-0.2, -0.15) is 0 Å². The van der Waals surface area contributed by atoms with Crippen molar-refractivity contribution in [1.82, 2.24) is 0 Å². The number of rotatable bonds is 3. The highest BCUT2D eigenvalue weighted by Crippen LogP contribution is 2.23. The minimum absolute atomic E-state index is 0.140. The molecule has 0 amide bonds. The zero-order valence-electron chi connectivity index (χ0n) is 8.52. The monoisotopic (exact) mass is 222 g/mol. The summed E-state index contributed by atoms with van der Waals surface area (Å²) in [5, 5.41) is 46.4. The quantitative estimate of drug-likeness (QED) is 0.364. The lowest BCUT2D eigenvalue weighted by molar-refractivity contribution is -0.233. The number of hydrogen-bond donors (Lipinski definition) is 5. The van der Waals surface area contributed by atoms with Crippen LogP contribution in [0.15, 0.2) is 0 Å². The summed E-state index contributed by atoms with van der Waals surface area (Å²) >= 11 is 0. The van der Waals surface area contributed by atoms with Crippen molar-refractivity contribution in [2.24, 2.45) is 0 Å². The van der Waals surface area contributed by atoms with E-state index in [0.717, 1.165) is 0 Å². The highest BCUT2D eigenvalue weighted by Gasteiger charge is 2.43. The highest BCUT2D eigenvalue weighted by atomic mass is 16.5. The zero-order chi connectivity index (χ0) is 11.6. The normalized spacial score (nSPS) is 44.0. The van der Waals surface area contributed by atoms with Crippen LogP contribution in [0.4, 0.5) is 0 Å². The van der Waals surface area contributed by atoms with Crippen molar-refractivity contribution in [3.8, 4) is 0 Å². The third-order valence-corrected chi connectivity index (χ3v) is 2.56. The lowest BCUT2D eigenvalue weighted by Gasteiger charge is -2.40. The Morgan fingerprint density at radius 3 is 2.07 bits per heavy atom. The Hall–Kier alpha value is -0.240. The summed E-state index contributed by atoms with van der Waals surface area (Å²) in [6.07, 6.45) is -6.17. The highest BCUT2D eigenvalue weighted by molar-refractivity contribution is 4.92. The van der Waals surface area contributed by atoms with Gasteiger partial charge in [0.25, 0.3) is 0 Å². The van der Waals surface area contributed by atoms with E-state index in [1.807, 2.05) is 0 Å². The predicted molar refractivity (Wildman–Crippen MR) is 50.1 cm³/mol. The van der Waals surface area contributed by atoms with Gasteiger partial charge in [-0.3, -0.25) is 0 Å². The Labute approximate surface area is 87.7 Å². The molecular weight excluding hydrogens is 204 g/mol. The molecule has 0 aromatic rings. The van der Waals surface area contributed by atoms with Crippen molar-refractivity contribution < 1.29 is 30.3 Å². The number of aliphatic hydroxyl groups excluding tert-OH is 5. The number of aliphatic hydroxyl groups is 5. The molecule has 0 bridgehead atoms. The Morgan fingerprint density at radius 1 is 1.07 bits per heavy atom. The maximum Gasteiger partial charge on any atom is 0.111 e. The molecular formula is C9H18O6. The summed E-state index contributed by atoms with van der Waals surface area (Å²) in [6.45, 7) is 1.09. The van der Waals surface area contributed by atoms with Crippen LogP contribution in [0.1, 0.15) is 13.3 Å². The van der Waals surface area contributed by atoms with Crippen LogP contribution < -0.4 is 0 Å². The minimum Gasteiger partial charge on any atom is -0.394 e. The smallest absolute Gasteiger partial charge is 0.111 e. The number of ether oxygens (including phenoxy) is 1. The molecule has 15 heavy (non-hydrogen) atoms. The van der Waals surface area contributed by atoms with Gasteiger partial charge in [-0.1, -0.05) is 0 Å². The number of hydrogen-bond acceptors (Lipinski definition) is 6. The molecule has 6 atom stereocenters. The SMILES string of the molecule is CC(O)C[C@@H]1O[C@H](CO)[C@@H](O)[C@H](O)[C@H]1O. The van der Waals surface area contributed by atoms with Crippen LogP contribution in [-0.4, -0.2) is 68.8 Å². The minimum atomic E-state index is -1.36. The fourth-order valence-corrected chi connectivity index (χ4v) is 1.71. The van der Waals surface area contributed by atoms with Crippen molar-refractivity contribution in [3.63, 3.8) is 0 Å². The van der Waals surface area contributed by atoms with E-state index < -0.39 is 43.2 Å². The summed E-state index contributed by atoms with van der Waals surface area (Å²) < 4.78 is 5.17.